The summed E-state index contributed by atoms with van der Waals surface area (Å²) in [5.74, 6) is -0.781. The fraction of sp³-hybridized carbons (Fsp3) is 0.125. The van der Waals surface area contributed by atoms with Gasteiger partial charge in [-0.25, -0.2) is 0 Å². The van der Waals surface area contributed by atoms with Crippen LogP contribution >= 0.6 is 12.2 Å². The van der Waals surface area contributed by atoms with Crippen molar-refractivity contribution in [2.75, 3.05) is 7.11 Å². The van der Waals surface area contributed by atoms with Gasteiger partial charge in [0.05, 0.1) is 22.9 Å². The number of nitrogens with zero attached hydrogens (tertiary/aromatic N) is 1. The zero-order valence-electron chi connectivity index (χ0n) is 11.8. The van der Waals surface area contributed by atoms with Crippen LogP contribution in [0, 0.1) is 4.51 Å². The minimum absolute atomic E-state index is 0.0151. The van der Waals surface area contributed by atoms with E-state index in [1.54, 1.807) is 24.3 Å². The molecule has 7 heteroatoms. The topological polar surface area (TPSA) is 35.3 Å². The lowest BCUT2D eigenvalue weighted by molar-refractivity contribution is -0.152. The van der Waals surface area contributed by atoms with Crippen molar-refractivity contribution in [1.82, 2.24) is 4.98 Å². The summed E-state index contributed by atoms with van der Waals surface area (Å²) < 4.78 is 50.5. The Morgan fingerprint density at radius 1 is 1.17 bits per heavy atom. The van der Waals surface area contributed by atoms with E-state index in [1.807, 2.05) is 0 Å². The molecule has 0 fully saturated rings. The molecule has 3 rings (SSSR count). The standard InChI is InChI=1S/C16H10F3NO2S/c1-21-9-5-6-10-12(8-9)22-15(16(17,18)19)13(14(10)23)11-4-2-3-7-20-11/h2-8H,1H3. The molecule has 0 spiro atoms. The molecule has 3 nitrogen and oxygen atoms in total. The Labute approximate surface area is 134 Å². The molecule has 0 bridgehead atoms. The minimum Gasteiger partial charge on any atom is -0.497 e. The minimum atomic E-state index is -4.70. The number of benzene rings is 1. The number of hydrogen-bond acceptors (Lipinski definition) is 4. The molecule has 0 atom stereocenters. The maximum absolute atomic E-state index is 13.4. The van der Waals surface area contributed by atoms with Gasteiger partial charge in [-0.3, -0.25) is 4.98 Å². The Bertz CT molecular complexity index is 920. The van der Waals surface area contributed by atoms with Crippen LogP contribution in [0.2, 0.25) is 0 Å². The Hall–Kier alpha value is -2.41. The van der Waals surface area contributed by atoms with Crippen LogP contribution in [0.15, 0.2) is 47.0 Å². The first-order chi connectivity index (χ1) is 10.9. The molecule has 1 aromatic carbocycles. The monoisotopic (exact) mass is 337 g/mol. The van der Waals surface area contributed by atoms with Gasteiger partial charge < -0.3 is 9.15 Å². The second-order valence-electron chi connectivity index (χ2n) is 4.71. The fourth-order valence-electron chi connectivity index (χ4n) is 2.24. The maximum Gasteiger partial charge on any atom is 0.450 e. The normalized spacial score (nSPS) is 11.7. The Balaban J connectivity index is 2.42. The Morgan fingerprint density at radius 3 is 2.57 bits per heavy atom. The molecule has 0 aliphatic carbocycles. The van der Waals surface area contributed by atoms with E-state index in [0.29, 0.717) is 11.1 Å². The Kier molecular flexibility index (Phi) is 3.81. The van der Waals surface area contributed by atoms with E-state index in [1.165, 1.54) is 25.4 Å². The van der Waals surface area contributed by atoms with Gasteiger partial charge in [0, 0.05) is 17.6 Å². The molecule has 0 unspecified atom stereocenters. The summed E-state index contributed by atoms with van der Waals surface area (Å²) in [5.41, 5.74) is -0.0987. The van der Waals surface area contributed by atoms with E-state index in [4.69, 9.17) is 21.4 Å². The summed E-state index contributed by atoms with van der Waals surface area (Å²) in [5, 5.41) is 0.398. The average molecular weight is 337 g/mol. The lowest BCUT2D eigenvalue weighted by Crippen LogP contribution is -2.08. The first kappa shape index (κ1) is 15.5. The molecule has 0 amide bonds. The second-order valence-corrected chi connectivity index (χ2v) is 5.12. The first-order valence-electron chi connectivity index (χ1n) is 6.55. The summed E-state index contributed by atoms with van der Waals surface area (Å²) in [6, 6.07) is 9.24. The van der Waals surface area contributed by atoms with Crippen molar-refractivity contribution in [3.05, 3.63) is 52.9 Å². The summed E-state index contributed by atoms with van der Waals surface area (Å²) in [4.78, 5) is 3.97. The third-order valence-corrected chi connectivity index (χ3v) is 3.70. The van der Waals surface area contributed by atoms with Crippen LogP contribution in [-0.4, -0.2) is 12.1 Å². The van der Waals surface area contributed by atoms with E-state index in [0.717, 1.165) is 0 Å². The first-order valence-corrected chi connectivity index (χ1v) is 6.96. The van der Waals surface area contributed by atoms with Crippen molar-refractivity contribution < 1.29 is 22.3 Å². The van der Waals surface area contributed by atoms with Gasteiger partial charge in [-0.1, -0.05) is 18.3 Å². The van der Waals surface area contributed by atoms with Crippen molar-refractivity contribution in [1.29, 1.82) is 0 Å². The van der Waals surface area contributed by atoms with Crippen LogP contribution in [0.3, 0.4) is 0 Å². The zero-order chi connectivity index (χ0) is 16.6. The van der Waals surface area contributed by atoms with Crippen molar-refractivity contribution in [2.24, 2.45) is 0 Å². The van der Waals surface area contributed by atoms with Gasteiger partial charge in [0.1, 0.15) is 11.3 Å². The van der Waals surface area contributed by atoms with Gasteiger partial charge in [0.2, 0.25) is 5.76 Å². The van der Waals surface area contributed by atoms with Crippen molar-refractivity contribution in [3.63, 3.8) is 0 Å². The predicted octanol–water partition coefficient (Wildman–Crippen LogP) is 5.25. The smallest absolute Gasteiger partial charge is 0.450 e. The van der Waals surface area contributed by atoms with E-state index >= 15 is 0 Å². The van der Waals surface area contributed by atoms with Gasteiger partial charge in [-0.05, 0) is 24.3 Å². The van der Waals surface area contributed by atoms with Crippen LogP contribution in [-0.2, 0) is 6.18 Å². The highest BCUT2D eigenvalue weighted by Crippen LogP contribution is 2.40. The zero-order valence-corrected chi connectivity index (χ0v) is 12.7. The van der Waals surface area contributed by atoms with Gasteiger partial charge in [0.25, 0.3) is 0 Å². The number of pyridine rings is 1. The average Bonchev–Trinajstić information content (AvgIpc) is 2.54. The molecular weight excluding hydrogens is 327 g/mol. The van der Waals surface area contributed by atoms with Crippen LogP contribution in [0.25, 0.3) is 22.2 Å². The number of ether oxygens (including phenoxy) is 1. The molecule has 2 heterocycles. The molecule has 0 radical (unpaired) electrons. The summed E-state index contributed by atoms with van der Waals surface area (Å²) in [6.45, 7) is 0. The highest BCUT2D eigenvalue weighted by Gasteiger charge is 2.39. The van der Waals surface area contributed by atoms with E-state index in [9.17, 15) is 13.2 Å². The number of methoxy groups -OCH3 is 1. The molecule has 3 aromatic rings. The second kappa shape index (κ2) is 5.66. The third-order valence-electron chi connectivity index (χ3n) is 3.28. The van der Waals surface area contributed by atoms with Crippen molar-refractivity contribution in [3.8, 4) is 17.0 Å². The van der Waals surface area contributed by atoms with Crippen LogP contribution in [0.4, 0.5) is 13.2 Å². The Morgan fingerprint density at radius 2 is 1.96 bits per heavy atom. The van der Waals surface area contributed by atoms with E-state index in [2.05, 4.69) is 4.98 Å². The van der Waals surface area contributed by atoms with E-state index < -0.39 is 11.9 Å². The van der Waals surface area contributed by atoms with Crippen LogP contribution < -0.4 is 4.74 Å². The number of hydrogen-bond donors (Lipinski definition) is 0. The molecule has 118 valence electrons. The fourth-order valence-corrected chi connectivity index (χ4v) is 2.61. The quantitative estimate of drug-likeness (QED) is 0.598. The van der Waals surface area contributed by atoms with Crippen molar-refractivity contribution >= 4 is 23.2 Å². The number of alkyl halides is 3. The van der Waals surface area contributed by atoms with Crippen LogP contribution in [0.5, 0.6) is 5.75 Å². The van der Waals surface area contributed by atoms with Gasteiger partial charge >= 0.3 is 6.18 Å². The third kappa shape index (κ3) is 2.79. The SMILES string of the molecule is COc1ccc2c(=S)c(-c3ccccn3)c(C(F)(F)F)oc2c1. The number of halogens is 3. The highest BCUT2D eigenvalue weighted by molar-refractivity contribution is 7.71. The molecule has 0 saturated carbocycles. The number of fused-ring (bicyclic) bond motifs is 1. The van der Waals surface area contributed by atoms with Crippen LogP contribution in [0.1, 0.15) is 5.76 Å². The summed E-state index contributed by atoms with van der Waals surface area (Å²) in [7, 11) is 1.42. The maximum atomic E-state index is 13.4. The largest absolute Gasteiger partial charge is 0.497 e. The summed E-state index contributed by atoms with van der Waals surface area (Å²) in [6.07, 6.45) is -3.29. The molecule has 23 heavy (non-hydrogen) atoms. The molecule has 0 N–H and O–H groups in total. The lowest BCUT2D eigenvalue weighted by atomic mass is 10.1. The van der Waals surface area contributed by atoms with Gasteiger partial charge in [-0.2, -0.15) is 13.2 Å². The molecule has 2 aromatic heterocycles. The van der Waals surface area contributed by atoms with Gasteiger partial charge in [-0.15, -0.1) is 0 Å². The molecule has 0 saturated heterocycles. The molecule has 0 aliphatic heterocycles. The highest BCUT2D eigenvalue weighted by atomic mass is 32.1. The van der Waals surface area contributed by atoms with E-state index in [-0.39, 0.29) is 21.4 Å². The van der Waals surface area contributed by atoms with Gasteiger partial charge in [0.15, 0.2) is 0 Å². The number of aromatic nitrogens is 1. The molecule has 0 aliphatic rings. The lowest BCUT2D eigenvalue weighted by Gasteiger charge is -2.13. The number of rotatable bonds is 2. The summed E-state index contributed by atoms with van der Waals surface area (Å²) >= 11 is 5.27. The van der Waals surface area contributed by atoms with Crippen molar-refractivity contribution in [2.45, 2.75) is 6.18 Å². The predicted molar refractivity (Wildman–Crippen MR) is 81.8 cm³/mol. The molecular formula is C16H10F3NO2S.